The molecule has 220 valence electrons. The second kappa shape index (κ2) is 10.8. The van der Waals surface area contributed by atoms with Crippen LogP contribution >= 0.6 is 0 Å². The fourth-order valence-electron chi connectivity index (χ4n) is 6.93. The number of halogens is 6. The van der Waals surface area contributed by atoms with Crippen LogP contribution in [0.2, 0.25) is 0 Å². The van der Waals surface area contributed by atoms with Crippen molar-refractivity contribution in [1.29, 1.82) is 0 Å². The van der Waals surface area contributed by atoms with Gasteiger partial charge in [0.1, 0.15) is 0 Å². The zero-order valence-electron chi connectivity index (χ0n) is 22.4. The second-order valence-electron chi connectivity index (χ2n) is 10.9. The van der Waals surface area contributed by atoms with E-state index in [0.29, 0.717) is 36.2 Å². The molecule has 3 aliphatic heterocycles. The molecule has 2 bridgehead atoms. The number of rotatable bonds is 7. The first-order valence-corrected chi connectivity index (χ1v) is 13.7. The van der Waals surface area contributed by atoms with Crippen LogP contribution in [0.15, 0.2) is 84.9 Å². The molecule has 4 aromatic rings. The van der Waals surface area contributed by atoms with Gasteiger partial charge in [0.25, 0.3) is 5.82 Å². The van der Waals surface area contributed by atoms with Crippen LogP contribution in [0.4, 0.5) is 26.3 Å². The summed E-state index contributed by atoms with van der Waals surface area (Å²) in [6.45, 7) is 0.976. The van der Waals surface area contributed by atoms with E-state index in [4.69, 9.17) is 0 Å². The molecule has 3 aromatic carbocycles. The number of nitrogens with zero attached hydrogens (tertiary/aromatic N) is 5. The van der Waals surface area contributed by atoms with Crippen molar-refractivity contribution in [2.75, 3.05) is 13.1 Å². The molecule has 3 saturated heterocycles. The van der Waals surface area contributed by atoms with Gasteiger partial charge in [-0.15, -0.1) is 5.10 Å². The zero-order valence-corrected chi connectivity index (χ0v) is 22.4. The van der Waals surface area contributed by atoms with Crippen LogP contribution in [0, 0.1) is 11.8 Å². The summed E-state index contributed by atoms with van der Waals surface area (Å²) < 4.78 is 86.7. The van der Waals surface area contributed by atoms with Crippen molar-refractivity contribution < 1.29 is 26.3 Å². The van der Waals surface area contributed by atoms with E-state index in [-0.39, 0.29) is 12.2 Å². The van der Waals surface area contributed by atoms with Crippen molar-refractivity contribution in [2.45, 2.75) is 43.3 Å². The van der Waals surface area contributed by atoms with Crippen LogP contribution < -0.4 is 5.32 Å². The van der Waals surface area contributed by atoms with E-state index in [2.05, 4.69) is 20.8 Å². The Balaban J connectivity index is 1.47. The molecule has 42 heavy (non-hydrogen) atoms. The van der Waals surface area contributed by atoms with E-state index in [1.165, 1.54) is 12.1 Å². The standard InChI is InChI=1S/C30H28F6N6/c31-29(32,33)26-23-14-16-41(17-15-23)28(26,25(21-9-3-1-4-10-21)22-11-5-2-6-12-22)37-19-20-8-7-13-24(18-20)42-27(30(34,35)36)38-39-40-42/h1-13,18,23,25-26,37H,14-17,19H2. The molecule has 0 amide bonds. The molecule has 2 unspecified atom stereocenters. The summed E-state index contributed by atoms with van der Waals surface area (Å²) in [7, 11) is 0. The molecule has 3 aliphatic rings. The molecule has 4 heterocycles. The average Bonchev–Trinajstić information content (AvgIpc) is 3.49. The third-order valence-corrected chi connectivity index (χ3v) is 8.52. The quantitative estimate of drug-likeness (QED) is 0.261. The van der Waals surface area contributed by atoms with E-state index in [0.717, 1.165) is 11.1 Å². The number of tetrazole rings is 1. The monoisotopic (exact) mass is 586 g/mol. The van der Waals surface area contributed by atoms with Gasteiger partial charge in [-0.1, -0.05) is 72.8 Å². The zero-order chi connectivity index (χ0) is 29.5. The van der Waals surface area contributed by atoms with Crippen molar-refractivity contribution in [3.05, 3.63) is 107 Å². The maximum Gasteiger partial charge on any atom is 0.453 e. The third kappa shape index (κ3) is 5.06. The Kier molecular flexibility index (Phi) is 7.30. The van der Waals surface area contributed by atoms with E-state index in [1.54, 1.807) is 12.1 Å². The van der Waals surface area contributed by atoms with Gasteiger partial charge in [0.2, 0.25) is 0 Å². The summed E-state index contributed by atoms with van der Waals surface area (Å²) in [6.07, 6.45) is -8.40. The first kappa shape index (κ1) is 28.4. The van der Waals surface area contributed by atoms with Gasteiger partial charge in [-0.3, -0.25) is 10.2 Å². The molecule has 2 atom stereocenters. The number of alkyl halides is 6. The minimum Gasteiger partial charge on any atom is -0.294 e. The van der Waals surface area contributed by atoms with Gasteiger partial charge in [-0.25, -0.2) is 0 Å². The molecule has 0 aliphatic carbocycles. The summed E-state index contributed by atoms with van der Waals surface area (Å²) in [6, 6.07) is 24.5. The fraction of sp³-hybridized carbons (Fsp3) is 0.367. The summed E-state index contributed by atoms with van der Waals surface area (Å²) in [5.74, 6) is -4.23. The lowest BCUT2D eigenvalue weighted by molar-refractivity contribution is -0.268. The SMILES string of the molecule is FC(F)(F)c1nnnn1-c1cccc(CNC2(C(c3ccccc3)c3ccccc3)C(C(F)(F)F)C3CCN2CC3)c1. The van der Waals surface area contributed by atoms with Crippen LogP contribution in [0.25, 0.3) is 5.69 Å². The summed E-state index contributed by atoms with van der Waals surface area (Å²) in [4.78, 5) is 1.93. The number of hydrogen-bond acceptors (Lipinski definition) is 5. The van der Waals surface area contributed by atoms with Crippen molar-refractivity contribution in [2.24, 2.45) is 11.8 Å². The van der Waals surface area contributed by atoms with Gasteiger partial charge in [-0.05, 0) is 58.0 Å². The van der Waals surface area contributed by atoms with Crippen molar-refractivity contribution in [3.63, 3.8) is 0 Å². The lowest BCUT2D eigenvalue weighted by Crippen LogP contribution is -2.75. The summed E-state index contributed by atoms with van der Waals surface area (Å²) in [5.41, 5.74) is 0.495. The topological polar surface area (TPSA) is 58.9 Å². The Morgan fingerprint density at radius 3 is 2.02 bits per heavy atom. The van der Waals surface area contributed by atoms with E-state index >= 15 is 13.2 Å². The predicted molar refractivity (Wildman–Crippen MR) is 142 cm³/mol. The van der Waals surface area contributed by atoms with Crippen LogP contribution in [0.3, 0.4) is 0 Å². The molecular weight excluding hydrogens is 558 g/mol. The molecule has 7 rings (SSSR count). The number of aromatic nitrogens is 4. The van der Waals surface area contributed by atoms with Crippen LogP contribution in [-0.4, -0.2) is 50.0 Å². The van der Waals surface area contributed by atoms with E-state index < -0.39 is 41.6 Å². The van der Waals surface area contributed by atoms with Gasteiger partial charge < -0.3 is 0 Å². The Morgan fingerprint density at radius 2 is 1.45 bits per heavy atom. The smallest absolute Gasteiger partial charge is 0.294 e. The highest BCUT2D eigenvalue weighted by atomic mass is 19.4. The minimum absolute atomic E-state index is 0.0245. The van der Waals surface area contributed by atoms with Crippen molar-refractivity contribution in [3.8, 4) is 5.69 Å². The first-order chi connectivity index (χ1) is 20.1. The number of fused-ring (bicyclic) bond motifs is 3. The van der Waals surface area contributed by atoms with Crippen molar-refractivity contribution in [1.82, 2.24) is 30.4 Å². The van der Waals surface area contributed by atoms with Gasteiger partial charge in [0.15, 0.2) is 0 Å². The van der Waals surface area contributed by atoms with Gasteiger partial charge in [0, 0.05) is 25.6 Å². The summed E-state index contributed by atoms with van der Waals surface area (Å²) in [5, 5.41) is 13.2. The molecule has 0 saturated carbocycles. The van der Waals surface area contributed by atoms with Gasteiger partial charge in [-0.2, -0.15) is 31.0 Å². The third-order valence-electron chi connectivity index (χ3n) is 8.52. The molecule has 6 nitrogen and oxygen atoms in total. The maximum absolute atomic E-state index is 15.2. The molecule has 1 N–H and O–H groups in total. The average molecular weight is 587 g/mol. The highest BCUT2D eigenvalue weighted by Crippen LogP contribution is 2.56. The normalized spacial score (nSPS) is 24.3. The minimum atomic E-state index is -4.78. The van der Waals surface area contributed by atoms with Gasteiger partial charge in [0.05, 0.1) is 17.3 Å². The number of piperidine rings is 3. The van der Waals surface area contributed by atoms with Gasteiger partial charge >= 0.3 is 12.4 Å². The highest BCUT2D eigenvalue weighted by Gasteiger charge is 2.66. The Labute approximate surface area is 238 Å². The van der Waals surface area contributed by atoms with Crippen LogP contribution in [0.5, 0.6) is 0 Å². The maximum atomic E-state index is 15.2. The molecule has 1 aromatic heterocycles. The summed E-state index contributed by atoms with van der Waals surface area (Å²) >= 11 is 0. The molecule has 0 spiro atoms. The van der Waals surface area contributed by atoms with E-state index in [9.17, 15) is 13.2 Å². The molecule has 12 heteroatoms. The fourth-order valence-corrected chi connectivity index (χ4v) is 6.93. The highest BCUT2D eigenvalue weighted by molar-refractivity contribution is 5.40. The Bertz CT molecular complexity index is 1460. The number of hydrogen-bond donors (Lipinski definition) is 1. The van der Waals surface area contributed by atoms with Crippen molar-refractivity contribution >= 4 is 0 Å². The van der Waals surface area contributed by atoms with Crippen LogP contribution in [0.1, 0.15) is 41.3 Å². The second-order valence-corrected chi connectivity index (χ2v) is 10.9. The number of benzene rings is 3. The largest absolute Gasteiger partial charge is 0.453 e. The predicted octanol–water partition coefficient (Wildman–Crippen LogP) is 6.20. The molecular formula is C30H28F6N6. The lowest BCUT2D eigenvalue weighted by Gasteiger charge is -2.62. The molecule has 0 radical (unpaired) electrons. The Morgan fingerprint density at radius 1 is 0.833 bits per heavy atom. The van der Waals surface area contributed by atoms with Crippen LogP contribution in [-0.2, 0) is 12.7 Å². The Hall–Kier alpha value is -3.77. The van der Waals surface area contributed by atoms with E-state index in [1.807, 2.05) is 65.6 Å². The molecule has 3 fully saturated rings. The lowest BCUT2D eigenvalue weighted by atomic mass is 9.62. The number of nitrogens with one attached hydrogen (secondary N) is 1. The first-order valence-electron chi connectivity index (χ1n) is 13.7.